The molecule has 0 spiro atoms. The molecule has 0 unspecified atom stereocenters. The zero-order chi connectivity index (χ0) is 14.1. The first kappa shape index (κ1) is 13.7. The monoisotopic (exact) mass is 271 g/mol. The highest BCUT2D eigenvalue weighted by Crippen LogP contribution is 2.26. The van der Waals surface area contributed by atoms with Gasteiger partial charge in [0.05, 0.1) is 0 Å². The number of aryl methyl sites for hydroxylation is 1. The Morgan fingerprint density at radius 3 is 2.60 bits per heavy atom. The van der Waals surface area contributed by atoms with E-state index in [2.05, 4.69) is 59.8 Å². The molecule has 1 saturated heterocycles. The molecule has 2 aromatic rings. The van der Waals surface area contributed by atoms with Crippen LogP contribution in [0, 0.1) is 6.92 Å². The molecule has 3 nitrogen and oxygen atoms in total. The van der Waals surface area contributed by atoms with E-state index in [9.17, 15) is 0 Å². The van der Waals surface area contributed by atoms with Crippen molar-refractivity contribution in [2.45, 2.75) is 33.4 Å². The summed E-state index contributed by atoms with van der Waals surface area (Å²) in [5, 5.41) is 4.79. The van der Waals surface area contributed by atoms with Gasteiger partial charge in [0.1, 0.15) is 0 Å². The Morgan fingerprint density at radius 1 is 1.15 bits per heavy atom. The van der Waals surface area contributed by atoms with Crippen LogP contribution in [-0.2, 0) is 6.54 Å². The van der Waals surface area contributed by atoms with Crippen LogP contribution in [0.25, 0.3) is 10.9 Å². The second kappa shape index (κ2) is 5.58. The van der Waals surface area contributed by atoms with Crippen LogP contribution in [0.15, 0.2) is 24.3 Å². The van der Waals surface area contributed by atoms with E-state index >= 15 is 0 Å². The molecule has 1 N–H and O–H groups in total. The number of nitrogens with one attached hydrogen (secondary N) is 1. The van der Waals surface area contributed by atoms with Crippen molar-refractivity contribution in [2.24, 2.45) is 0 Å². The van der Waals surface area contributed by atoms with Gasteiger partial charge in [-0.1, -0.05) is 12.1 Å². The van der Waals surface area contributed by atoms with Crippen LogP contribution in [0.5, 0.6) is 0 Å². The summed E-state index contributed by atoms with van der Waals surface area (Å²) < 4.78 is 2.50. The lowest BCUT2D eigenvalue weighted by atomic mass is 10.2. The SMILES string of the molecule is Cc1ccc2cc(CN3CCNCC3)n(C(C)C)c2c1. The van der Waals surface area contributed by atoms with Gasteiger partial charge in [0, 0.05) is 50.0 Å². The third-order valence-electron chi connectivity index (χ3n) is 4.19. The predicted octanol–water partition coefficient (Wildman–Crippen LogP) is 2.94. The number of aromatic nitrogens is 1. The Balaban J connectivity index is 1.98. The molecule has 0 amide bonds. The molecule has 3 heteroatoms. The summed E-state index contributed by atoms with van der Waals surface area (Å²) in [5.74, 6) is 0. The lowest BCUT2D eigenvalue weighted by Crippen LogP contribution is -2.43. The molecule has 3 rings (SSSR count). The molecule has 2 heterocycles. The summed E-state index contributed by atoms with van der Waals surface area (Å²) in [6.07, 6.45) is 0. The Kier molecular flexibility index (Phi) is 3.81. The number of fused-ring (bicyclic) bond motifs is 1. The zero-order valence-electron chi connectivity index (χ0n) is 12.8. The first-order valence-electron chi connectivity index (χ1n) is 7.68. The first-order chi connectivity index (χ1) is 9.65. The van der Waals surface area contributed by atoms with E-state index in [1.165, 1.54) is 22.2 Å². The van der Waals surface area contributed by atoms with Crippen LogP contribution >= 0.6 is 0 Å². The second-order valence-electron chi connectivity index (χ2n) is 6.19. The van der Waals surface area contributed by atoms with Crippen molar-refractivity contribution in [3.05, 3.63) is 35.5 Å². The Bertz CT molecular complexity index is 592. The Morgan fingerprint density at radius 2 is 1.90 bits per heavy atom. The molecule has 108 valence electrons. The quantitative estimate of drug-likeness (QED) is 0.926. The fraction of sp³-hybridized carbons (Fsp3) is 0.529. The van der Waals surface area contributed by atoms with Crippen molar-refractivity contribution in [3.63, 3.8) is 0 Å². The summed E-state index contributed by atoms with van der Waals surface area (Å²) in [6.45, 7) is 12.3. The number of hydrogen-bond acceptors (Lipinski definition) is 2. The molecule has 1 aliphatic rings. The van der Waals surface area contributed by atoms with Gasteiger partial charge in [0.25, 0.3) is 0 Å². The third kappa shape index (κ3) is 2.60. The predicted molar refractivity (Wildman–Crippen MR) is 85.2 cm³/mol. The van der Waals surface area contributed by atoms with Crippen LogP contribution < -0.4 is 5.32 Å². The number of hydrogen-bond donors (Lipinski definition) is 1. The summed E-state index contributed by atoms with van der Waals surface area (Å²) in [4.78, 5) is 2.55. The standard InChI is InChI=1S/C17H25N3/c1-13(2)20-16(12-19-8-6-18-7-9-19)11-15-5-4-14(3)10-17(15)20/h4-5,10-11,13,18H,6-9,12H2,1-3H3. The summed E-state index contributed by atoms with van der Waals surface area (Å²) in [5.41, 5.74) is 4.17. The van der Waals surface area contributed by atoms with Crippen LogP contribution in [0.4, 0.5) is 0 Å². The maximum absolute atomic E-state index is 3.42. The minimum absolute atomic E-state index is 0.507. The van der Waals surface area contributed by atoms with Gasteiger partial charge in [0.15, 0.2) is 0 Å². The third-order valence-corrected chi connectivity index (χ3v) is 4.19. The molecular weight excluding hydrogens is 246 g/mol. The lowest BCUT2D eigenvalue weighted by Gasteiger charge is -2.28. The maximum Gasteiger partial charge on any atom is 0.0488 e. The van der Waals surface area contributed by atoms with Crippen LogP contribution in [0.3, 0.4) is 0 Å². The van der Waals surface area contributed by atoms with Crippen LogP contribution in [-0.4, -0.2) is 35.6 Å². The van der Waals surface area contributed by atoms with Crippen LogP contribution in [0.2, 0.25) is 0 Å². The number of rotatable bonds is 3. The average Bonchev–Trinajstić information content (AvgIpc) is 2.77. The molecule has 1 aromatic heterocycles. The van der Waals surface area contributed by atoms with Gasteiger partial charge in [-0.2, -0.15) is 0 Å². The molecule has 0 aliphatic carbocycles. The molecule has 0 atom stereocenters. The van der Waals surface area contributed by atoms with Crippen molar-refractivity contribution in [1.29, 1.82) is 0 Å². The number of benzene rings is 1. The fourth-order valence-electron chi connectivity index (χ4n) is 3.22. The zero-order valence-corrected chi connectivity index (χ0v) is 12.8. The molecular formula is C17H25N3. The van der Waals surface area contributed by atoms with Crippen molar-refractivity contribution in [3.8, 4) is 0 Å². The van der Waals surface area contributed by atoms with E-state index in [-0.39, 0.29) is 0 Å². The molecule has 0 radical (unpaired) electrons. The smallest absolute Gasteiger partial charge is 0.0488 e. The summed E-state index contributed by atoms with van der Waals surface area (Å²) in [6, 6.07) is 9.66. The number of piperazine rings is 1. The van der Waals surface area contributed by atoms with Crippen molar-refractivity contribution in [2.75, 3.05) is 26.2 Å². The average molecular weight is 271 g/mol. The van der Waals surface area contributed by atoms with E-state index < -0.39 is 0 Å². The van der Waals surface area contributed by atoms with Gasteiger partial charge in [-0.25, -0.2) is 0 Å². The first-order valence-corrected chi connectivity index (χ1v) is 7.68. The molecule has 20 heavy (non-hydrogen) atoms. The largest absolute Gasteiger partial charge is 0.341 e. The van der Waals surface area contributed by atoms with Gasteiger partial charge >= 0.3 is 0 Å². The van der Waals surface area contributed by atoms with Gasteiger partial charge < -0.3 is 9.88 Å². The summed E-state index contributed by atoms with van der Waals surface area (Å²) in [7, 11) is 0. The van der Waals surface area contributed by atoms with Crippen LogP contribution in [0.1, 0.15) is 31.1 Å². The highest BCUT2D eigenvalue weighted by molar-refractivity contribution is 5.82. The van der Waals surface area contributed by atoms with Gasteiger partial charge in [-0.05, 0) is 43.9 Å². The van der Waals surface area contributed by atoms with Crippen molar-refractivity contribution >= 4 is 10.9 Å². The lowest BCUT2D eigenvalue weighted by molar-refractivity contribution is 0.227. The maximum atomic E-state index is 3.42. The molecule has 1 aromatic carbocycles. The Hall–Kier alpha value is -1.32. The van der Waals surface area contributed by atoms with E-state index in [4.69, 9.17) is 0 Å². The highest BCUT2D eigenvalue weighted by atomic mass is 15.2. The molecule has 0 bridgehead atoms. The van der Waals surface area contributed by atoms with E-state index in [1.807, 2.05) is 0 Å². The van der Waals surface area contributed by atoms with Gasteiger partial charge in [0.2, 0.25) is 0 Å². The van der Waals surface area contributed by atoms with Crippen molar-refractivity contribution < 1.29 is 0 Å². The summed E-state index contributed by atoms with van der Waals surface area (Å²) >= 11 is 0. The minimum atomic E-state index is 0.507. The van der Waals surface area contributed by atoms with Crippen molar-refractivity contribution in [1.82, 2.24) is 14.8 Å². The van der Waals surface area contributed by atoms with E-state index in [1.54, 1.807) is 0 Å². The second-order valence-corrected chi connectivity index (χ2v) is 6.19. The van der Waals surface area contributed by atoms with E-state index in [0.29, 0.717) is 6.04 Å². The van der Waals surface area contributed by atoms with E-state index in [0.717, 1.165) is 32.7 Å². The molecule has 1 fully saturated rings. The van der Waals surface area contributed by atoms with Gasteiger partial charge in [-0.3, -0.25) is 4.90 Å². The topological polar surface area (TPSA) is 20.2 Å². The van der Waals surface area contributed by atoms with Gasteiger partial charge in [-0.15, -0.1) is 0 Å². The minimum Gasteiger partial charge on any atom is -0.341 e. The molecule has 0 saturated carbocycles. The molecule has 1 aliphatic heterocycles. The normalized spacial score (nSPS) is 17.2. The highest BCUT2D eigenvalue weighted by Gasteiger charge is 2.16. The fourth-order valence-corrected chi connectivity index (χ4v) is 3.22. The Labute approximate surface area is 121 Å². The number of nitrogens with zero attached hydrogens (tertiary/aromatic N) is 2.